The molecule has 1 atom stereocenters. The van der Waals surface area contributed by atoms with E-state index in [2.05, 4.69) is 0 Å². The van der Waals surface area contributed by atoms with Crippen LogP contribution in [-0.4, -0.2) is 50.5 Å². The number of cyclic esters (lactones) is 1. The zero-order valence-corrected chi connectivity index (χ0v) is 15.1. The van der Waals surface area contributed by atoms with Gasteiger partial charge in [-0.05, 0) is 32.0 Å². The van der Waals surface area contributed by atoms with Gasteiger partial charge in [-0.15, -0.1) is 0 Å². The highest BCUT2D eigenvalue weighted by Crippen LogP contribution is 2.25. The summed E-state index contributed by atoms with van der Waals surface area (Å²) in [7, 11) is -2.33. The highest BCUT2D eigenvalue weighted by atomic mass is 35.5. The molecule has 1 saturated heterocycles. The van der Waals surface area contributed by atoms with E-state index in [1.165, 1.54) is 23.5 Å². The van der Waals surface area contributed by atoms with Crippen molar-refractivity contribution in [2.24, 2.45) is 0 Å². The van der Waals surface area contributed by atoms with Crippen molar-refractivity contribution in [2.75, 3.05) is 13.7 Å². The molecule has 1 aromatic carbocycles. The molecule has 132 valence electrons. The molecule has 0 aromatic heterocycles. The van der Waals surface area contributed by atoms with Crippen LogP contribution in [0.2, 0.25) is 5.02 Å². The van der Waals surface area contributed by atoms with E-state index in [1.54, 1.807) is 13.8 Å². The molecule has 0 aliphatic carbocycles. The molecule has 0 spiro atoms. The van der Waals surface area contributed by atoms with Crippen molar-refractivity contribution < 1.29 is 27.5 Å². The molecule has 1 aromatic rings. The number of carbonyl (C=O) groups is 2. The van der Waals surface area contributed by atoms with Gasteiger partial charge in [-0.3, -0.25) is 0 Å². The average Bonchev–Trinajstić information content (AvgIpc) is 2.91. The Bertz CT molecular complexity index is 761. The third-order valence-electron chi connectivity index (χ3n) is 3.70. The van der Waals surface area contributed by atoms with Crippen molar-refractivity contribution in [2.45, 2.75) is 37.3 Å². The van der Waals surface area contributed by atoms with Crippen molar-refractivity contribution in [1.29, 1.82) is 0 Å². The summed E-state index contributed by atoms with van der Waals surface area (Å²) < 4.78 is 36.0. The minimum Gasteiger partial charge on any atom is -0.463 e. The number of carbonyl (C=O) groups excluding carboxylic acids is 2. The lowest BCUT2D eigenvalue weighted by atomic mass is 10.2. The Balaban J connectivity index is 2.32. The Morgan fingerprint density at radius 2 is 2.08 bits per heavy atom. The SMILES string of the molecule is CC(C)N(C)S(=O)(=O)c1ccc(Cl)c(C(=O)O[C@H]2CCOC2=O)c1. The summed E-state index contributed by atoms with van der Waals surface area (Å²) in [6.45, 7) is 3.64. The molecule has 2 rings (SSSR count). The first kappa shape index (κ1) is 18.7. The maximum absolute atomic E-state index is 12.5. The van der Waals surface area contributed by atoms with E-state index in [-0.39, 0.29) is 34.6 Å². The van der Waals surface area contributed by atoms with Crippen LogP contribution in [0.5, 0.6) is 0 Å². The van der Waals surface area contributed by atoms with Gasteiger partial charge in [0.25, 0.3) is 0 Å². The average molecular weight is 376 g/mol. The summed E-state index contributed by atoms with van der Waals surface area (Å²) in [5, 5.41) is 0.0394. The number of nitrogens with zero attached hydrogens (tertiary/aromatic N) is 1. The Morgan fingerprint density at radius 1 is 1.42 bits per heavy atom. The molecule has 0 N–H and O–H groups in total. The zero-order chi connectivity index (χ0) is 18.1. The van der Waals surface area contributed by atoms with Crippen LogP contribution in [0.3, 0.4) is 0 Å². The summed E-state index contributed by atoms with van der Waals surface area (Å²) in [4.78, 5) is 23.5. The van der Waals surface area contributed by atoms with Gasteiger partial charge < -0.3 is 9.47 Å². The van der Waals surface area contributed by atoms with E-state index in [0.29, 0.717) is 0 Å². The van der Waals surface area contributed by atoms with Crippen molar-refractivity contribution >= 4 is 33.6 Å². The van der Waals surface area contributed by atoms with E-state index >= 15 is 0 Å². The minimum atomic E-state index is -3.77. The molecule has 1 aliphatic rings. The molecular weight excluding hydrogens is 358 g/mol. The number of halogens is 1. The highest BCUT2D eigenvalue weighted by molar-refractivity contribution is 7.89. The van der Waals surface area contributed by atoms with Crippen LogP contribution >= 0.6 is 11.6 Å². The van der Waals surface area contributed by atoms with Gasteiger partial charge >= 0.3 is 11.9 Å². The zero-order valence-electron chi connectivity index (χ0n) is 13.5. The first-order valence-electron chi connectivity index (χ1n) is 7.29. The van der Waals surface area contributed by atoms with Gasteiger partial charge in [0, 0.05) is 19.5 Å². The van der Waals surface area contributed by atoms with Gasteiger partial charge in [0.15, 0.2) is 0 Å². The summed E-state index contributed by atoms with van der Waals surface area (Å²) in [5.74, 6) is -1.49. The predicted octanol–water partition coefficient (Wildman–Crippen LogP) is 1.84. The molecule has 0 bridgehead atoms. The second-order valence-electron chi connectivity index (χ2n) is 5.61. The van der Waals surface area contributed by atoms with E-state index in [4.69, 9.17) is 21.1 Å². The molecule has 24 heavy (non-hydrogen) atoms. The summed E-state index contributed by atoms with van der Waals surface area (Å²) in [5.41, 5.74) is -0.116. The maximum Gasteiger partial charge on any atom is 0.347 e. The first-order valence-corrected chi connectivity index (χ1v) is 9.11. The fraction of sp³-hybridized carbons (Fsp3) is 0.467. The van der Waals surface area contributed by atoms with Crippen molar-refractivity contribution in [1.82, 2.24) is 4.31 Å². The van der Waals surface area contributed by atoms with Crippen LogP contribution in [0.15, 0.2) is 23.1 Å². The van der Waals surface area contributed by atoms with Crippen LogP contribution < -0.4 is 0 Å². The molecule has 1 fully saturated rings. The normalized spacial score (nSPS) is 18.1. The van der Waals surface area contributed by atoms with Gasteiger partial charge in [-0.25, -0.2) is 18.0 Å². The number of rotatable bonds is 5. The van der Waals surface area contributed by atoms with E-state index in [1.807, 2.05) is 0 Å². The topological polar surface area (TPSA) is 90.0 Å². The van der Waals surface area contributed by atoms with Crippen LogP contribution in [0.1, 0.15) is 30.6 Å². The Morgan fingerprint density at radius 3 is 2.62 bits per heavy atom. The number of hydrogen-bond donors (Lipinski definition) is 0. The van der Waals surface area contributed by atoms with Gasteiger partial charge in [0.05, 0.1) is 22.1 Å². The lowest BCUT2D eigenvalue weighted by Gasteiger charge is -2.21. The van der Waals surface area contributed by atoms with Crippen molar-refractivity contribution in [3.05, 3.63) is 28.8 Å². The molecule has 1 heterocycles. The molecule has 7 nitrogen and oxygen atoms in total. The molecule has 0 saturated carbocycles. The predicted molar refractivity (Wildman–Crippen MR) is 86.3 cm³/mol. The number of ether oxygens (including phenoxy) is 2. The fourth-order valence-electron chi connectivity index (χ4n) is 2.04. The number of benzene rings is 1. The van der Waals surface area contributed by atoms with Crippen LogP contribution in [0.25, 0.3) is 0 Å². The monoisotopic (exact) mass is 375 g/mol. The van der Waals surface area contributed by atoms with Gasteiger partial charge in [0.1, 0.15) is 0 Å². The van der Waals surface area contributed by atoms with Gasteiger partial charge in [-0.2, -0.15) is 4.31 Å². The van der Waals surface area contributed by atoms with Crippen LogP contribution in [0, 0.1) is 0 Å². The molecule has 0 amide bonds. The second kappa shape index (κ2) is 7.08. The van der Waals surface area contributed by atoms with Gasteiger partial charge in [-0.1, -0.05) is 11.6 Å². The lowest BCUT2D eigenvalue weighted by Crippen LogP contribution is -2.33. The first-order chi connectivity index (χ1) is 11.1. The van der Waals surface area contributed by atoms with Crippen molar-refractivity contribution in [3.8, 4) is 0 Å². The maximum atomic E-state index is 12.5. The summed E-state index contributed by atoms with van der Waals surface area (Å²) in [6.07, 6.45) is -0.733. The fourth-order valence-corrected chi connectivity index (χ4v) is 3.63. The summed E-state index contributed by atoms with van der Waals surface area (Å²) >= 11 is 5.98. The van der Waals surface area contributed by atoms with E-state index in [9.17, 15) is 18.0 Å². The third-order valence-corrected chi connectivity index (χ3v) is 6.06. The van der Waals surface area contributed by atoms with E-state index in [0.717, 1.165) is 6.07 Å². The molecule has 1 aliphatic heterocycles. The lowest BCUT2D eigenvalue weighted by molar-refractivity contribution is -0.145. The number of hydrogen-bond acceptors (Lipinski definition) is 6. The Kier molecular flexibility index (Phi) is 5.52. The Hall–Kier alpha value is -1.64. The Labute approximate surface area is 145 Å². The third kappa shape index (κ3) is 3.71. The van der Waals surface area contributed by atoms with Gasteiger partial charge in [0.2, 0.25) is 16.1 Å². The van der Waals surface area contributed by atoms with Crippen molar-refractivity contribution in [3.63, 3.8) is 0 Å². The smallest absolute Gasteiger partial charge is 0.347 e. The molecular formula is C15H18ClNO6S. The number of esters is 2. The standard InChI is InChI=1S/C15H18ClNO6S/c1-9(2)17(3)24(20,21)10-4-5-12(16)11(8-10)14(18)23-13-6-7-22-15(13)19/h4-5,8-9,13H,6-7H2,1-3H3/t13-/m0/s1. The minimum absolute atomic E-state index is 0.0394. The number of sulfonamides is 1. The van der Waals surface area contributed by atoms with Crippen LogP contribution in [-0.2, 0) is 24.3 Å². The molecule has 0 unspecified atom stereocenters. The second-order valence-corrected chi connectivity index (χ2v) is 8.01. The highest BCUT2D eigenvalue weighted by Gasteiger charge is 2.32. The molecule has 0 radical (unpaired) electrons. The quantitative estimate of drug-likeness (QED) is 0.729. The molecule has 9 heteroatoms. The van der Waals surface area contributed by atoms with Crippen LogP contribution in [0.4, 0.5) is 0 Å². The largest absolute Gasteiger partial charge is 0.463 e. The van der Waals surface area contributed by atoms with E-state index < -0.39 is 28.1 Å². The summed E-state index contributed by atoms with van der Waals surface area (Å²) in [6, 6.07) is 3.53.